The van der Waals surface area contributed by atoms with Crippen LogP contribution in [0.25, 0.3) is 0 Å². The van der Waals surface area contributed by atoms with Crippen LogP contribution in [-0.4, -0.2) is 23.4 Å². The minimum absolute atomic E-state index is 0.0206. The van der Waals surface area contributed by atoms with Crippen molar-refractivity contribution in [3.8, 4) is 0 Å². The molecular weight excluding hydrogens is 130 g/mol. The van der Waals surface area contributed by atoms with E-state index in [1.54, 1.807) is 0 Å². The van der Waals surface area contributed by atoms with Gasteiger partial charge in [-0.3, -0.25) is 4.84 Å². The van der Waals surface area contributed by atoms with E-state index < -0.39 is 5.60 Å². The van der Waals surface area contributed by atoms with E-state index >= 15 is 0 Å². The smallest absolute Gasteiger partial charge is 0.107 e. The summed E-state index contributed by atoms with van der Waals surface area (Å²) >= 11 is 0. The zero-order chi connectivity index (χ0) is 8.20. The van der Waals surface area contributed by atoms with Crippen LogP contribution in [-0.2, 0) is 4.84 Å². The number of aliphatic hydroxyl groups excluding tert-OH is 1. The molecule has 62 valence electrons. The van der Waals surface area contributed by atoms with Crippen molar-refractivity contribution >= 4 is 0 Å². The highest BCUT2D eigenvalue weighted by molar-refractivity contribution is 4.64. The maximum atomic E-state index is 8.74. The summed E-state index contributed by atoms with van der Waals surface area (Å²) in [5.41, 5.74) is 2.29. The minimum Gasteiger partial charge on any atom is -0.393 e. The molecule has 0 amide bonds. The van der Waals surface area contributed by atoms with Crippen LogP contribution in [0.2, 0.25) is 0 Å². The van der Waals surface area contributed by atoms with E-state index in [4.69, 9.17) is 9.94 Å². The van der Waals surface area contributed by atoms with Gasteiger partial charge in [-0.05, 0) is 27.7 Å². The predicted octanol–water partition coefficient (Wildman–Crippen LogP) is 0.687. The molecule has 0 aliphatic rings. The summed E-state index contributed by atoms with van der Waals surface area (Å²) in [4.78, 5) is 5.14. The molecule has 0 aromatic carbocycles. The van der Waals surface area contributed by atoms with E-state index in [2.05, 4.69) is 5.48 Å². The maximum absolute atomic E-state index is 8.74. The van der Waals surface area contributed by atoms with Gasteiger partial charge in [-0.15, -0.1) is 0 Å². The first-order valence-corrected chi connectivity index (χ1v) is 3.52. The highest BCUT2D eigenvalue weighted by Gasteiger charge is 2.17. The van der Waals surface area contributed by atoms with E-state index in [1.165, 1.54) is 0 Å². The van der Waals surface area contributed by atoms with Crippen molar-refractivity contribution in [2.24, 2.45) is 0 Å². The molecule has 0 saturated heterocycles. The summed E-state index contributed by atoms with van der Waals surface area (Å²) in [5.74, 6) is 0. The molecule has 0 fully saturated rings. The third-order valence-electron chi connectivity index (χ3n) is 0.952. The number of hydrogen-bond acceptors (Lipinski definition) is 3. The van der Waals surface area contributed by atoms with E-state index in [0.717, 1.165) is 0 Å². The zero-order valence-electron chi connectivity index (χ0n) is 7.14. The van der Waals surface area contributed by atoms with Crippen molar-refractivity contribution in [1.29, 1.82) is 0 Å². The second-order valence-electron chi connectivity index (χ2n) is 3.29. The van der Waals surface area contributed by atoms with Crippen molar-refractivity contribution in [2.45, 2.75) is 39.3 Å². The Morgan fingerprint density at radius 2 is 2.00 bits per heavy atom. The molecule has 2 N–H and O–H groups in total. The van der Waals surface area contributed by atoms with Gasteiger partial charge in [-0.1, -0.05) is 0 Å². The molecule has 0 unspecified atom stereocenters. The molecule has 0 spiro atoms. The van der Waals surface area contributed by atoms with Gasteiger partial charge in [0.15, 0.2) is 0 Å². The van der Waals surface area contributed by atoms with Gasteiger partial charge in [0.05, 0.1) is 6.61 Å². The number of hydrogen-bond donors (Lipinski definition) is 2. The fourth-order valence-corrected chi connectivity index (χ4v) is 0.310. The summed E-state index contributed by atoms with van der Waals surface area (Å²) in [5, 5.41) is 8.74. The van der Waals surface area contributed by atoms with Gasteiger partial charge in [-0.25, -0.2) is 0 Å². The lowest BCUT2D eigenvalue weighted by Gasteiger charge is -2.23. The van der Waals surface area contributed by atoms with E-state index in [9.17, 15) is 0 Å². The average molecular weight is 147 g/mol. The number of aliphatic hydroxyl groups is 1. The Hall–Kier alpha value is -0.120. The normalized spacial score (nSPS) is 12.6. The topological polar surface area (TPSA) is 41.5 Å². The Labute approximate surface area is 62.3 Å². The molecule has 3 nitrogen and oxygen atoms in total. The van der Waals surface area contributed by atoms with Gasteiger partial charge >= 0.3 is 0 Å². The molecule has 0 radical (unpaired) electrons. The van der Waals surface area contributed by atoms with Crippen LogP contribution in [0, 0.1) is 0 Å². The maximum Gasteiger partial charge on any atom is 0.107 e. The zero-order valence-corrected chi connectivity index (χ0v) is 7.14. The Morgan fingerprint density at radius 1 is 1.50 bits per heavy atom. The minimum atomic E-state index is -0.482. The largest absolute Gasteiger partial charge is 0.393 e. The van der Waals surface area contributed by atoms with Gasteiger partial charge in [-0.2, -0.15) is 5.48 Å². The van der Waals surface area contributed by atoms with Crippen molar-refractivity contribution < 1.29 is 9.94 Å². The molecule has 0 bridgehead atoms. The molecule has 0 heterocycles. The molecule has 3 heteroatoms. The quantitative estimate of drug-likeness (QED) is 0.575. The van der Waals surface area contributed by atoms with Crippen molar-refractivity contribution in [3.05, 3.63) is 0 Å². The summed E-state index contributed by atoms with van der Waals surface area (Å²) in [6, 6.07) is 0.283. The first-order valence-electron chi connectivity index (χ1n) is 3.52. The van der Waals surface area contributed by atoms with Crippen molar-refractivity contribution in [2.75, 3.05) is 6.61 Å². The Kier molecular flexibility index (Phi) is 3.86. The fraction of sp³-hybridized carbons (Fsp3) is 1.00. The molecule has 0 aromatic heterocycles. The molecule has 0 aliphatic heterocycles. The lowest BCUT2D eigenvalue weighted by atomic mass is 10.2. The third-order valence-corrected chi connectivity index (χ3v) is 0.952. The Bertz CT molecular complexity index is 91.6. The number of hydroxylamine groups is 1. The van der Waals surface area contributed by atoms with Crippen LogP contribution >= 0.6 is 0 Å². The van der Waals surface area contributed by atoms with Gasteiger partial charge in [0.2, 0.25) is 0 Å². The van der Waals surface area contributed by atoms with Gasteiger partial charge in [0.25, 0.3) is 0 Å². The Morgan fingerprint density at radius 3 is 2.30 bits per heavy atom. The van der Waals surface area contributed by atoms with Crippen LogP contribution < -0.4 is 5.48 Å². The van der Waals surface area contributed by atoms with Gasteiger partial charge < -0.3 is 5.11 Å². The van der Waals surface area contributed by atoms with Gasteiger partial charge in [0, 0.05) is 6.04 Å². The summed E-state index contributed by atoms with van der Waals surface area (Å²) in [6.07, 6.45) is 0. The first-order chi connectivity index (χ1) is 4.48. The average Bonchev–Trinajstić information content (AvgIpc) is 1.85. The molecule has 0 aromatic rings. The predicted molar refractivity (Wildman–Crippen MR) is 40.5 cm³/mol. The van der Waals surface area contributed by atoms with Crippen molar-refractivity contribution in [1.82, 2.24) is 5.48 Å². The van der Waals surface area contributed by atoms with Crippen LogP contribution in [0.4, 0.5) is 0 Å². The second kappa shape index (κ2) is 3.91. The molecule has 0 atom stereocenters. The van der Waals surface area contributed by atoms with E-state index in [-0.39, 0.29) is 12.6 Å². The Balaban J connectivity index is 3.46. The van der Waals surface area contributed by atoms with Gasteiger partial charge in [0.1, 0.15) is 5.60 Å². The SMILES string of the molecule is CC(C)NOC(C)(C)CO. The highest BCUT2D eigenvalue weighted by atomic mass is 16.7. The first kappa shape index (κ1) is 9.88. The highest BCUT2D eigenvalue weighted by Crippen LogP contribution is 2.04. The molecule has 0 rings (SSSR count). The third kappa shape index (κ3) is 4.73. The summed E-state index contributed by atoms with van der Waals surface area (Å²) < 4.78 is 0. The second-order valence-corrected chi connectivity index (χ2v) is 3.29. The molecule has 10 heavy (non-hydrogen) atoms. The van der Waals surface area contributed by atoms with Crippen molar-refractivity contribution in [3.63, 3.8) is 0 Å². The van der Waals surface area contributed by atoms with Crippen LogP contribution in [0.1, 0.15) is 27.7 Å². The summed E-state index contributed by atoms with van der Waals surface area (Å²) in [7, 11) is 0. The number of rotatable bonds is 4. The molecule has 0 aliphatic carbocycles. The lowest BCUT2D eigenvalue weighted by Crippen LogP contribution is -2.38. The van der Waals surface area contributed by atoms with Crippen LogP contribution in [0.5, 0.6) is 0 Å². The fourth-order valence-electron chi connectivity index (χ4n) is 0.310. The van der Waals surface area contributed by atoms with E-state index in [0.29, 0.717) is 0 Å². The number of nitrogens with one attached hydrogen (secondary N) is 1. The van der Waals surface area contributed by atoms with Crippen LogP contribution in [0.3, 0.4) is 0 Å². The summed E-state index contributed by atoms with van der Waals surface area (Å²) in [6.45, 7) is 7.62. The molecular formula is C7H17NO2. The molecule has 0 saturated carbocycles. The monoisotopic (exact) mass is 147 g/mol. The van der Waals surface area contributed by atoms with E-state index in [1.807, 2.05) is 27.7 Å². The van der Waals surface area contributed by atoms with Crippen LogP contribution in [0.15, 0.2) is 0 Å². The lowest BCUT2D eigenvalue weighted by molar-refractivity contribution is -0.118. The standard InChI is InChI=1S/C7H17NO2/c1-6(2)8-10-7(3,4)5-9/h6,8-9H,5H2,1-4H3.